The van der Waals surface area contributed by atoms with Crippen molar-refractivity contribution in [3.8, 4) is 5.75 Å². The highest BCUT2D eigenvalue weighted by Gasteiger charge is 2.22. The minimum Gasteiger partial charge on any atom is -0.496 e. The van der Waals surface area contributed by atoms with E-state index in [1.807, 2.05) is 27.7 Å². The van der Waals surface area contributed by atoms with Gasteiger partial charge in [0.25, 0.3) is 5.91 Å². The van der Waals surface area contributed by atoms with Crippen molar-refractivity contribution in [3.63, 3.8) is 0 Å². The molecule has 0 saturated heterocycles. The molecule has 1 aromatic rings. The van der Waals surface area contributed by atoms with Gasteiger partial charge in [-0.15, -0.1) is 0 Å². The van der Waals surface area contributed by atoms with E-state index in [-0.39, 0.29) is 28.4 Å². The molecule has 0 aliphatic heterocycles. The molecule has 0 fully saturated rings. The first-order chi connectivity index (χ1) is 10.7. The summed E-state index contributed by atoms with van der Waals surface area (Å²) in [5.41, 5.74) is 0.202. The van der Waals surface area contributed by atoms with Gasteiger partial charge in [-0.25, -0.2) is 13.1 Å². The van der Waals surface area contributed by atoms with E-state index in [1.165, 1.54) is 25.3 Å². The first-order valence-corrected chi connectivity index (χ1v) is 9.24. The normalized spacial score (nSPS) is 11.8. The molecule has 130 valence electrons. The number of benzene rings is 1. The second-order valence-corrected chi connectivity index (χ2v) is 7.34. The summed E-state index contributed by atoms with van der Waals surface area (Å²) in [4.78, 5) is 12.3. The molecule has 7 heteroatoms. The number of methoxy groups -OCH3 is 1. The van der Waals surface area contributed by atoms with E-state index >= 15 is 0 Å². The van der Waals surface area contributed by atoms with Gasteiger partial charge in [0.2, 0.25) is 10.0 Å². The number of carbonyl (C=O) groups excluding carboxylic acids is 1. The largest absolute Gasteiger partial charge is 0.496 e. The van der Waals surface area contributed by atoms with Crippen molar-refractivity contribution in [1.29, 1.82) is 0 Å². The summed E-state index contributed by atoms with van der Waals surface area (Å²) in [5.74, 6) is -0.0268. The SMILES string of the molecule is CCC(CC)NS(=O)(=O)c1ccc(OC)c(C(=O)NC(C)C)c1. The number of nitrogens with one attached hydrogen (secondary N) is 2. The van der Waals surface area contributed by atoms with E-state index < -0.39 is 10.0 Å². The quantitative estimate of drug-likeness (QED) is 0.759. The lowest BCUT2D eigenvalue weighted by Crippen LogP contribution is -2.34. The van der Waals surface area contributed by atoms with Crippen LogP contribution in [0.25, 0.3) is 0 Å². The fraction of sp³-hybridized carbons (Fsp3) is 0.562. The lowest BCUT2D eigenvalue weighted by Gasteiger charge is -2.17. The van der Waals surface area contributed by atoms with Gasteiger partial charge in [0, 0.05) is 12.1 Å². The van der Waals surface area contributed by atoms with E-state index in [0.29, 0.717) is 18.6 Å². The van der Waals surface area contributed by atoms with Crippen LogP contribution in [0.3, 0.4) is 0 Å². The molecule has 0 aliphatic carbocycles. The van der Waals surface area contributed by atoms with Crippen LogP contribution in [0.1, 0.15) is 50.9 Å². The van der Waals surface area contributed by atoms with Crippen molar-refractivity contribution in [1.82, 2.24) is 10.0 Å². The number of ether oxygens (including phenoxy) is 1. The standard InChI is InChI=1S/C16H26N2O4S/c1-6-12(7-2)18-23(20,21)13-8-9-15(22-5)14(10-13)16(19)17-11(3)4/h8-12,18H,6-7H2,1-5H3,(H,17,19). The zero-order chi connectivity index (χ0) is 17.6. The van der Waals surface area contributed by atoms with Crippen LogP contribution in [-0.4, -0.2) is 33.5 Å². The lowest BCUT2D eigenvalue weighted by atomic mass is 10.2. The first kappa shape index (κ1) is 19.4. The number of hydrogen-bond acceptors (Lipinski definition) is 4. The first-order valence-electron chi connectivity index (χ1n) is 7.76. The van der Waals surface area contributed by atoms with E-state index in [0.717, 1.165) is 0 Å². The van der Waals surface area contributed by atoms with E-state index in [2.05, 4.69) is 10.0 Å². The van der Waals surface area contributed by atoms with Crippen molar-refractivity contribution < 1.29 is 17.9 Å². The minimum atomic E-state index is -3.68. The molecule has 2 N–H and O–H groups in total. The number of carbonyl (C=O) groups is 1. The van der Waals surface area contributed by atoms with Gasteiger partial charge < -0.3 is 10.1 Å². The number of rotatable bonds is 8. The fourth-order valence-corrected chi connectivity index (χ4v) is 3.54. The molecule has 0 atom stereocenters. The average Bonchev–Trinajstić information content (AvgIpc) is 2.51. The maximum Gasteiger partial charge on any atom is 0.255 e. The summed E-state index contributed by atoms with van der Waals surface area (Å²) >= 11 is 0. The Hall–Kier alpha value is -1.60. The van der Waals surface area contributed by atoms with Crippen LogP contribution in [0, 0.1) is 0 Å². The molecule has 1 amide bonds. The van der Waals surface area contributed by atoms with Gasteiger partial charge in [-0.3, -0.25) is 4.79 Å². The van der Waals surface area contributed by atoms with Crippen molar-refractivity contribution in [2.75, 3.05) is 7.11 Å². The van der Waals surface area contributed by atoms with Crippen molar-refractivity contribution in [2.24, 2.45) is 0 Å². The molecule has 0 unspecified atom stereocenters. The Morgan fingerprint density at radius 1 is 1.22 bits per heavy atom. The Labute approximate surface area is 138 Å². The lowest BCUT2D eigenvalue weighted by molar-refractivity contribution is 0.0940. The molecule has 0 aliphatic rings. The van der Waals surface area contributed by atoms with Gasteiger partial charge in [-0.2, -0.15) is 0 Å². The molecule has 6 nitrogen and oxygen atoms in total. The predicted octanol–water partition coefficient (Wildman–Crippen LogP) is 2.30. The van der Waals surface area contributed by atoms with Gasteiger partial charge >= 0.3 is 0 Å². The van der Waals surface area contributed by atoms with E-state index in [1.54, 1.807) is 0 Å². The Kier molecular flexibility index (Phi) is 7.02. The molecule has 0 heterocycles. The van der Waals surface area contributed by atoms with Crippen LogP contribution in [0.5, 0.6) is 5.75 Å². The van der Waals surface area contributed by atoms with Crippen molar-refractivity contribution in [2.45, 2.75) is 57.5 Å². The third-order valence-corrected chi connectivity index (χ3v) is 4.97. The molecule has 0 aromatic heterocycles. The van der Waals surface area contributed by atoms with Crippen molar-refractivity contribution in [3.05, 3.63) is 23.8 Å². The summed E-state index contributed by atoms with van der Waals surface area (Å²) in [5, 5.41) is 2.74. The molecule has 23 heavy (non-hydrogen) atoms. The van der Waals surface area contributed by atoms with E-state index in [9.17, 15) is 13.2 Å². The maximum absolute atomic E-state index is 12.5. The predicted molar refractivity (Wildman–Crippen MR) is 90.3 cm³/mol. The van der Waals surface area contributed by atoms with Crippen molar-refractivity contribution >= 4 is 15.9 Å². The van der Waals surface area contributed by atoms with Gasteiger partial charge in [0.05, 0.1) is 17.6 Å². The topological polar surface area (TPSA) is 84.5 Å². The highest BCUT2D eigenvalue weighted by atomic mass is 32.2. The molecule has 1 rings (SSSR count). The molecule has 0 radical (unpaired) electrons. The van der Waals surface area contributed by atoms with Crippen LogP contribution in [0.2, 0.25) is 0 Å². The van der Waals surface area contributed by atoms with Gasteiger partial charge in [-0.1, -0.05) is 13.8 Å². The fourth-order valence-electron chi connectivity index (χ4n) is 2.11. The number of amides is 1. The summed E-state index contributed by atoms with van der Waals surface area (Å²) in [7, 11) is -2.24. The second kappa shape index (κ2) is 8.31. The number of sulfonamides is 1. The molecule has 1 aromatic carbocycles. The Morgan fingerprint density at radius 2 is 1.83 bits per heavy atom. The van der Waals surface area contributed by atoms with Gasteiger partial charge in [0.15, 0.2) is 0 Å². The third-order valence-electron chi connectivity index (χ3n) is 3.45. The highest BCUT2D eigenvalue weighted by Crippen LogP contribution is 2.23. The summed E-state index contributed by atoms with van der Waals surface area (Å²) in [6.07, 6.45) is 1.40. The van der Waals surface area contributed by atoms with Gasteiger partial charge in [-0.05, 0) is 44.9 Å². The Bertz CT molecular complexity index is 637. The van der Waals surface area contributed by atoms with Crippen LogP contribution < -0.4 is 14.8 Å². The third kappa shape index (κ3) is 5.21. The summed E-state index contributed by atoms with van der Waals surface area (Å²) in [6.45, 7) is 7.51. The smallest absolute Gasteiger partial charge is 0.255 e. The minimum absolute atomic E-state index is 0.0547. The highest BCUT2D eigenvalue weighted by molar-refractivity contribution is 7.89. The van der Waals surface area contributed by atoms with Crippen LogP contribution in [0.4, 0.5) is 0 Å². The van der Waals surface area contributed by atoms with Gasteiger partial charge in [0.1, 0.15) is 5.75 Å². The van der Waals surface area contributed by atoms with Crippen LogP contribution >= 0.6 is 0 Å². The number of hydrogen-bond donors (Lipinski definition) is 2. The molecular weight excluding hydrogens is 316 g/mol. The Balaban J connectivity index is 3.21. The van der Waals surface area contributed by atoms with E-state index in [4.69, 9.17) is 4.74 Å². The van der Waals surface area contributed by atoms with Crippen LogP contribution in [-0.2, 0) is 10.0 Å². The zero-order valence-electron chi connectivity index (χ0n) is 14.3. The summed E-state index contributed by atoms with van der Waals surface area (Å²) < 4.78 is 32.8. The Morgan fingerprint density at radius 3 is 2.30 bits per heavy atom. The molecule has 0 bridgehead atoms. The summed E-state index contributed by atoms with van der Waals surface area (Å²) in [6, 6.07) is 4.10. The van der Waals surface area contributed by atoms with Crippen LogP contribution in [0.15, 0.2) is 23.1 Å². The average molecular weight is 342 g/mol. The molecular formula is C16H26N2O4S. The molecule has 0 spiro atoms. The maximum atomic E-state index is 12.5. The zero-order valence-corrected chi connectivity index (χ0v) is 15.2. The second-order valence-electron chi connectivity index (χ2n) is 5.62. The monoisotopic (exact) mass is 342 g/mol. The molecule has 0 saturated carbocycles.